The number of hydrogen-bond donors (Lipinski definition) is 0. The van der Waals surface area contributed by atoms with Crippen molar-refractivity contribution < 1.29 is 17.6 Å². The van der Waals surface area contributed by atoms with Crippen LogP contribution in [-0.2, 0) is 14.6 Å². The van der Waals surface area contributed by atoms with E-state index in [0.29, 0.717) is 5.76 Å². The average Bonchev–Trinajstić information content (AvgIpc) is 2.50. The summed E-state index contributed by atoms with van der Waals surface area (Å²) in [6.07, 6.45) is 2.15. The summed E-state index contributed by atoms with van der Waals surface area (Å²) in [5.41, 5.74) is 0. The van der Waals surface area contributed by atoms with Crippen LogP contribution in [0.2, 0.25) is 0 Å². The van der Waals surface area contributed by atoms with Crippen molar-refractivity contribution in [1.29, 1.82) is 0 Å². The van der Waals surface area contributed by atoms with Gasteiger partial charge in [0.2, 0.25) is 0 Å². The predicted octanol–water partition coefficient (Wildman–Crippen LogP) is 1.01. The van der Waals surface area contributed by atoms with Crippen molar-refractivity contribution in [3.8, 4) is 0 Å². The van der Waals surface area contributed by atoms with Crippen LogP contribution in [0.15, 0.2) is 22.8 Å². The van der Waals surface area contributed by atoms with Gasteiger partial charge in [0.1, 0.15) is 21.7 Å². The summed E-state index contributed by atoms with van der Waals surface area (Å²) in [5.74, 6) is 0.477. The average molecular weight is 204 g/mol. The van der Waals surface area contributed by atoms with E-state index in [1.165, 1.54) is 19.6 Å². The molecule has 0 saturated carbocycles. The number of furan rings is 1. The van der Waals surface area contributed by atoms with Gasteiger partial charge in [0.15, 0.2) is 0 Å². The van der Waals surface area contributed by atoms with Crippen LogP contribution in [0.3, 0.4) is 0 Å². The quantitative estimate of drug-likeness (QED) is 0.734. The van der Waals surface area contributed by atoms with Gasteiger partial charge >= 0.3 is 0 Å². The first-order valence-corrected chi connectivity index (χ1v) is 5.83. The van der Waals surface area contributed by atoms with E-state index in [1.54, 1.807) is 12.1 Å². The number of methoxy groups -OCH3 is 1. The van der Waals surface area contributed by atoms with Crippen molar-refractivity contribution in [3.05, 3.63) is 24.2 Å². The molecule has 74 valence electrons. The van der Waals surface area contributed by atoms with Gasteiger partial charge in [-0.15, -0.1) is 0 Å². The van der Waals surface area contributed by atoms with Crippen LogP contribution in [0.25, 0.3) is 0 Å². The highest BCUT2D eigenvalue weighted by Crippen LogP contribution is 2.18. The van der Waals surface area contributed by atoms with Gasteiger partial charge in [-0.25, -0.2) is 8.42 Å². The molecule has 0 spiro atoms. The van der Waals surface area contributed by atoms with Gasteiger partial charge in [-0.05, 0) is 12.1 Å². The van der Waals surface area contributed by atoms with E-state index < -0.39 is 15.9 Å². The molecule has 0 aliphatic heterocycles. The van der Waals surface area contributed by atoms with Gasteiger partial charge in [0.05, 0.1) is 12.0 Å². The Kier molecular flexibility index (Phi) is 3.11. The van der Waals surface area contributed by atoms with E-state index in [1.807, 2.05) is 0 Å². The molecule has 1 aromatic heterocycles. The molecule has 0 bridgehead atoms. The van der Waals surface area contributed by atoms with Crippen LogP contribution in [0.1, 0.15) is 11.9 Å². The van der Waals surface area contributed by atoms with Gasteiger partial charge in [0.25, 0.3) is 0 Å². The summed E-state index contributed by atoms with van der Waals surface area (Å²) in [4.78, 5) is 0. The minimum atomic E-state index is -3.05. The van der Waals surface area contributed by atoms with Crippen LogP contribution >= 0.6 is 0 Å². The molecule has 1 atom stereocenters. The van der Waals surface area contributed by atoms with Crippen LogP contribution in [0, 0.1) is 0 Å². The molecule has 0 radical (unpaired) electrons. The molecule has 1 rings (SSSR count). The molecular formula is C8H12O4S. The molecule has 0 N–H and O–H groups in total. The van der Waals surface area contributed by atoms with E-state index in [2.05, 4.69) is 0 Å². The Morgan fingerprint density at radius 2 is 2.31 bits per heavy atom. The normalized spacial score (nSPS) is 14.3. The molecule has 0 amide bonds. The van der Waals surface area contributed by atoms with Crippen molar-refractivity contribution in [2.24, 2.45) is 0 Å². The fourth-order valence-corrected chi connectivity index (χ4v) is 1.87. The number of ether oxygens (including phenoxy) is 1. The van der Waals surface area contributed by atoms with Gasteiger partial charge in [-0.3, -0.25) is 0 Å². The lowest BCUT2D eigenvalue weighted by molar-refractivity contribution is 0.102. The van der Waals surface area contributed by atoms with Gasteiger partial charge < -0.3 is 9.15 Å². The maximum absolute atomic E-state index is 11.0. The highest BCUT2D eigenvalue weighted by Gasteiger charge is 2.18. The monoisotopic (exact) mass is 204 g/mol. The van der Waals surface area contributed by atoms with Crippen molar-refractivity contribution in [2.75, 3.05) is 19.1 Å². The number of hydrogen-bond acceptors (Lipinski definition) is 4. The van der Waals surface area contributed by atoms with Gasteiger partial charge in [-0.1, -0.05) is 0 Å². The molecule has 0 fully saturated rings. The summed E-state index contributed by atoms with van der Waals surface area (Å²) >= 11 is 0. The first-order valence-electron chi connectivity index (χ1n) is 3.77. The highest BCUT2D eigenvalue weighted by molar-refractivity contribution is 7.90. The van der Waals surface area contributed by atoms with Gasteiger partial charge in [-0.2, -0.15) is 0 Å². The molecule has 1 aromatic rings. The smallest absolute Gasteiger partial charge is 0.150 e. The Balaban J connectivity index is 2.76. The molecule has 0 saturated heterocycles. The lowest BCUT2D eigenvalue weighted by atomic mass is 10.3. The van der Waals surface area contributed by atoms with Crippen molar-refractivity contribution in [2.45, 2.75) is 6.10 Å². The fraction of sp³-hybridized carbons (Fsp3) is 0.500. The molecule has 1 unspecified atom stereocenters. The molecule has 13 heavy (non-hydrogen) atoms. The molecule has 1 heterocycles. The summed E-state index contributed by atoms with van der Waals surface area (Å²) < 4.78 is 32.0. The van der Waals surface area contributed by atoms with Crippen LogP contribution in [0.4, 0.5) is 0 Å². The molecule has 4 nitrogen and oxygen atoms in total. The van der Waals surface area contributed by atoms with Gasteiger partial charge in [0, 0.05) is 13.4 Å². The van der Waals surface area contributed by atoms with Crippen LogP contribution < -0.4 is 0 Å². The first-order chi connectivity index (χ1) is 6.03. The minimum absolute atomic E-state index is 0.0585. The maximum Gasteiger partial charge on any atom is 0.150 e. The third-order valence-electron chi connectivity index (χ3n) is 1.60. The van der Waals surface area contributed by atoms with E-state index in [9.17, 15) is 8.42 Å². The number of sulfone groups is 1. The second-order valence-electron chi connectivity index (χ2n) is 2.83. The second-order valence-corrected chi connectivity index (χ2v) is 5.02. The van der Waals surface area contributed by atoms with E-state index in [0.717, 1.165) is 0 Å². The first kappa shape index (κ1) is 10.3. The fourth-order valence-electron chi connectivity index (χ4n) is 1.02. The Morgan fingerprint density at radius 3 is 2.69 bits per heavy atom. The predicted molar refractivity (Wildman–Crippen MR) is 48.2 cm³/mol. The zero-order valence-electron chi connectivity index (χ0n) is 7.56. The summed E-state index contributed by atoms with van der Waals surface area (Å²) in [6.45, 7) is 0. The standard InChI is InChI=1S/C8H12O4S/c1-11-8(6-13(2,9)10)7-4-3-5-12-7/h3-5,8H,6H2,1-2H3. The zero-order valence-corrected chi connectivity index (χ0v) is 8.37. The van der Waals surface area contributed by atoms with E-state index in [4.69, 9.17) is 9.15 Å². The number of rotatable bonds is 4. The lowest BCUT2D eigenvalue weighted by Crippen LogP contribution is -2.14. The summed E-state index contributed by atoms with van der Waals surface area (Å²) in [7, 11) is -1.59. The largest absolute Gasteiger partial charge is 0.467 e. The third-order valence-corrected chi connectivity index (χ3v) is 2.51. The maximum atomic E-state index is 11.0. The molecule has 0 aromatic carbocycles. The zero-order chi connectivity index (χ0) is 9.90. The topological polar surface area (TPSA) is 56.5 Å². The lowest BCUT2D eigenvalue weighted by Gasteiger charge is -2.10. The van der Waals surface area contributed by atoms with Crippen molar-refractivity contribution >= 4 is 9.84 Å². The van der Waals surface area contributed by atoms with Crippen molar-refractivity contribution in [3.63, 3.8) is 0 Å². The second kappa shape index (κ2) is 3.93. The Morgan fingerprint density at radius 1 is 1.62 bits per heavy atom. The molecule has 5 heteroatoms. The Bertz CT molecular complexity index is 338. The molecule has 0 aliphatic rings. The minimum Gasteiger partial charge on any atom is -0.467 e. The molecular weight excluding hydrogens is 192 g/mol. The molecule has 0 aliphatic carbocycles. The van der Waals surface area contributed by atoms with Crippen LogP contribution in [0.5, 0.6) is 0 Å². The Labute approximate surface area is 77.4 Å². The third kappa shape index (κ3) is 3.20. The Hall–Kier alpha value is -0.810. The van der Waals surface area contributed by atoms with E-state index in [-0.39, 0.29) is 5.75 Å². The summed E-state index contributed by atoms with van der Waals surface area (Å²) in [5, 5.41) is 0. The summed E-state index contributed by atoms with van der Waals surface area (Å²) in [6, 6.07) is 3.39. The van der Waals surface area contributed by atoms with Crippen LogP contribution in [-0.4, -0.2) is 27.5 Å². The van der Waals surface area contributed by atoms with E-state index >= 15 is 0 Å². The highest BCUT2D eigenvalue weighted by atomic mass is 32.2. The SMILES string of the molecule is COC(CS(C)(=O)=O)c1ccco1. The van der Waals surface area contributed by atoms with Crippen molar-refractivity contribution in [1.82, 2.24) is 0 Å².